The molecule has 8 nitrogen and oxygen atoms in total. The van der Waals surface area contributed by atoms with Gasteiger partial charge < -0.3 is 15.4 Å². The fourth-order valence-electron chi connectivity index (χ4n) is 2.24. The number of nitro groups is 1. The minimum atomic E-state index is -0.924. The summed E-state index contributed by atoms with van der Waals surface area (Å²) in [6.07, 6.45) is 0.471. The van der Waals surface area contributed by atoms with Crippen molar-refractivity contribution in [3.05, 3.63) is 33.9 Å². The summed E-state index contributed by atoms with van der Waals surface area (Å²) >= 11 is 0. The predicted octanol–water partition coefficient (Wildman–Crippen LogP) is 0.477. The molecule has 1 unspecified atom stereocenters. The van der Waals surface area contributed by atoms with Crippen LogP contribution in [-0.2, 0) is 0 Å². The average Bonchev–Trinajstić information content (AvgIpc) is 2.77. The Balaban J connectivity index is 2.33. The molecule has 2 rings (SSSR count). The van der Waals surface area contributed by atoms with Crippen LogP contribution in [0.4, 0.5) is 11.4 Å². The predicted molar refractivity (Wildman–Crippen MR) is 72.1 cm³/mol. The highest BCUT2D eigenvalue weighted by atomic mass is 16.6. The largest absolute Gasteiger partial charge is 0.388 e. The lowest BCUT2D eigenvalue weighted by Crippen LogP contribution is -2.34. The number of carbonyl (C=O) groups is 1. The molecule has 4 N–H and O–H groups in total. The number of aliphatic hydroxyl groups is 1. The molecule has 0 radical (unpaired) electrons. The molecule has 1 aliphatic heterocycles. The van der Waals surface area contributed by atoms with Crippen LogP contribution >= 0.6 is 0 Å². The topological polar surface area (TPSA) is 122 Å². The van der Waals surface area contributed by atoms with Crippen LogP contribution < -0.4 is 11.3 Å². The van der Waals surface area contributed by atoms with Crippen molar-refractivity contribution < 1.29 is 14.8 Å². The van der Waals surface area contributed by atoms with Crippen LogP contribution in [0.25, 0.3) is 0 Å². The number of nitro benzene ring substituents is 1. The van der Waals surface area contributed by atoms with Gasteiger partial charge in [0.15, 0.2) is 0 Å². The first-order valence-corrected chi connectivity index (χ1v) is 6.11. The number of anilines is 1. The molecule has 1 amide bonds. The van der Waals surface area contributed by atoms with E-state index < -0.39 is 10.5 Å². The zero-order chi connectivity index (χ0) is 14.9. The van der Waals surface area contributed by atoms with E-state index in [0.29, 0.717) is 18.7 Å². The highest BCUT2D eigenvalue weighted by Gasteiger charge is 2.35. The number of nitrogen functional groups attached to an aromatic ring is 1. The summed E-state index contributed by atoms with van der Waals surface area (Å²) in [6, 6.07) is 3.84. The number of β-amino-alcohol motifs (C(OH)–C–C–N with tert-alkyl or cyclic N) is 1. The lowest BCUT2D eigenvalue weighted by Gasteiger charge is -2.20. The van der Waals surface area contributed by atoms with Crippen LogP contribution in [0.3, 0.4) is 0 Å². The van der Waals surface area contributed by atoms with Crippen LogP contribution in [0, 0.1) is 10.1 Å². The molecule has 0 saturated carbocycles. The zero-order valence-electron chi connectivity index (χ0n) is 11.0. The number of hydrogen-bond donors (Lipinski definition) is 3. The number of nitrogens with two attached hydrogens (primary N) is 1. The van der Waals surface area contributed by atoms with Crippen molar-refractivity contribution in [2.45, 2.75) is 18.9 Å². The molecule has 0 spiro atoms. The quantitative estimate of drug-likeness (QED) is 0.420. The molecule has 0 aliphatic carbocycles. The average molecular weight is 280 g/mol. The number of likely N-dealkylation sites (tertiary alicyclic amines) is 1. The molecule has 0 bridgehead atoms. The van der Waals surface area contributed by atoms with Gasteiger partial charge in [0.2, 0.25) is 0 Å². The van der Waals surface area contributed by atoms with Gasteiger partial charge in [-0.05, 0) is 19.4 Å². The fourth-order valence-corrected chi connectivity index (χ4v) is 2.24. The fraction of sp³-hybridized carbons (Fsp3) is 0.417. The van der Waals surface area contributed by atoms with Gasteiger partial charge in [-0.3, -0.25) is 20.8 Å². The number of nitrogens with one attached hydrogen (secondary N) is 1. The summed E-state index contributed by atoms with van der Waals surface area (Å²) in [7, 11) is 0. The normalized spacial score (nSPS) is 21.9. The van der Waals surface area contributed by atoms with Crippen molar-refractivity contribution in [2.24, 2.45) is 5.84 Å². The maximum atomic E-state index is 12.4. The Hall–Kier alpha value is -2.19. The first-order chi connectivity index (χ1) is 9.34. The molecular formula is C12H16N4O4. The Bertz CT molecular complexity index is 558. The Labute approximate surface area is 115 Å². The van der Waals surface area contributed by atoms with E-state index >= 15 is 0 Å². The molecule has 1 heterocycles. The first-order valence-electron chi connectivity index (χ1n) is 6.11. The van der Waals surface area contributed by atoms with E-state index in [-0.39, 0.29) is 23.7 Å². The van der Waals surface area contributed by atoms with Crippen molar-refractivity contribution in [1.82, 2.24) is 4.90 Å². The van der Waals surface area contributed by atoms with Gasteiger partial charge >= 0.3 is 0 Å². The molecule has 1 saturated heterocycles. The summed E-state index contributed by atoms with van der Waals surface area (Å²) in [5.74, 6) is 4.94. The number of amides is 1. The number of carbonyl (C=O) groups excluding carboxylic acids is 1. The Kier molecular flexibility index (Phi) is 3.60. The van der Waals surface area contributed by atoms with Crippen molar-refractivity contribution in [3.8, 4) is 0 Å². The van der Waals surface area contributed by atoms with Gasteiger partial charge in [0.25, 0.3) is 11.6 Å². The minimum Gasteiger partial charge on any atom is -0.388 e. The van der Waals surface area contributed by atoms with Crippen LogP contribution in [0.2, 0.25) is 0 Å². The van der Waals surface area contributed by atoms with Gasteiger partial charge in [-0.15, -0.1) is 0 Å². The second-order valence-electron chi connectivity index (χ2n) is 5.10. The van der Waals surface area contributed by atoms with Gasteiger partial charge in [-0.25, -0.2) is 0 Å². The molecule has 1 aromatic rings. The third kappa shape index (κ3) is 2.70. The van der Waals surface area contributed by atoms with Crippen LogP contribution in [-0.4, -0.2) is 39.5 Å². The van der Waals surface area contributed by atoms with E-state index in [9.17, 15) is 20.0 Å². The molecule has 8 heteroatoms. The van der Waals surface area contributed by atoms with Crippen LogP contribution in [0.15, 0.2) is 18.2 Å². The molecule has 1 atom stereocenters. The molecule has 20 heavy (non-hydrogen) atoms. The highest BCUT2D eigenvalue weighted by molar-refractivity contribution is 6.00. The van der Waals surface area contributed by atoms with Crippen molar-refractivity contribution in [2.75, 3.05) is 18.5 Å². The lowest BCUT2D eigenvalue weighted by atomic mass is 10.1. The van der Waals surface area contributed by atoms with Gasteiger partial charge in [0, 0.05) is 25.2 Å². The Morgan fingerprint density at radius 3 is 2.80 bits per heavy atom. The maximum Gasteiger partial charge on any atom is 0.270 e. The summed E-state index contributed by atoms with van der Waals surface area (Å²) < 4.78 is 0. The molecule has 0 aromatic heterocycles. The van der Waals surface area contributed by atoms with Crippen LogP contribution in [0.5, 0.6) is 0 Å². The summed E-state index contributed by atoms with van der Waals surface area (Å²) in [5, 5.41) is 20.7. The highest BCUT2D eigenvalue weighted by Crippen LogP contribution is 2.27. The van der Waals surface area contributed by atoms with E-state index in [2.05, 4.69) is 5.43 Å². The number of benzene rings is 1. The molecule has 108 valence electrons. The Morgan fingerprint density at radius 2 is 2.30 bits per heavy atom. The van der Waals surface area contributed by atoms with E-state index in [1.807, 2.05) is 0 Å². The van der Waals surface area contributed by atoms with Gasteiger partial charge in [-0.2, -0.15) is 0 Å². The molecule has 1 fully saturated rings. The molecule has 1 aliphatic rings. The number of nitrogens with zero attached hydrogens (tertiary/aromatic N) is 2. The molecule has 1 aromatic carbocycles. The summed E-state index contributed by atoms with van der Waals surface area (Å²) in [4.78, 5) is 24.1. The van der Waals surface area contributed by atoms with Crippen molar-refractivity contribution >= 4 is 17.3 Å². The van der Waals surface area contributed by atoms with Gasteiger partial charge in [0.1, 0.15) is 0 Å². The Morgan fingerprint density at radius 1 is 1.60 bits per heavy atom. The summed E-state index contributed by atoms with van der Waals surface area (Å²) in [6.45, 7) is 2.24. The van der Waals surface area contributed by atoms with Crippen molar-refractivity contribution in [1.29, 1.82) is 0 Å². The second-order valence-corrected chi connectivity index (χ2v) is 5.10. The zero-order valence-corrected chi connectivity index (χ0v) is 11.0. The van der Waals surface area contributed by atoms with E-state index in [1.54, 1.807) is 6.92 Å². The number of hydrogen-bond acceptors (Lipinski definition) is 6. The number of rotatable bonds is 3. The standard InChI is InChI=1S/C12H16N4O4/c1-12(18)4-5-15(7-12)11(17)9-6-8(16(19)20)2-3-10(9)14-13/h2-3,6,14,18H,4-5,7,13H2,1H3. The smallest absolute Gasteiger partial charge is 0.270 e. The number of non-ortho nitro benzene ring substituents is 1. The number of hydrazine groups is 1. The van der Waals surface area contributed by atoms with E-state index in [4.69, 9.17) is 5.84 Å². The third-order valence-corrected chi connectivity index (χ3v) is 3.34. The monoisotopic (exact) mass is 280 g/mol. The third-order valence-electron chi connectivity index (χ3n) is 3.34. The van der Waals surface area contributed by atoms with Crippen LogP contribution in [0.1, 0.15) is 23.7 Å². The summed E-state index contributed by atoms with van der Waals surface area (Å²) in [5.41, 5.74) is 1.68. The van der Waals surface area contributed by atoms with E-state index in [0.717, 1.165) is 0 Å². The lowest BCUT2D eigenvalue weighted by molar-refractivity contribution is -0.384. The second kappa shape index (κ2) is 5.06. The van der Waals surface area contributed by atoms with Crippen molar-refractivity contribution in [3.63, 3.8) is 0 Å². The minimum absolute atomic E-state index is 0.124. The van der Waals surface area contributed by atoms with E-state index in [1.165, 1.54) is 23.1 Å². The molecular weight excluding hydrogens is 264 g/mol. The SMILES string of the molecule is CC1(O)CCN(C(=O)c2cc([N+](=O)[O-])ccc2NN)C1. The first kappa shape index (κ1) is 14.2. The van der Waals surface area contributed by atoms with Gasteiger partial charge in [0.05, 0.1) is 21.8 Å². The maximum absolute atomic E-state index is 12.4. The van der Waals surface area contributed by atoms with Gasteiger partial charge in [-0.1, -0.05) is 0 Å².